The summed E-state index contributed by atoms with van der Waals surface area (Å²) in [4.78, 5) is 33.1. The summed E-state index contributed by atoms with van der Waals surface area (Å²) in [7, 11) is -4.34. The highest BCUT2D eigenvalue weighted by molar-refractivity contribution is 7.85. The fraction of sp³-hybridized carbons (Fsp3) is 0.312. The van der Waals surface area contributed by atoms with Gasteiger partial charge in [0.2, 0.25) is 6.23 Å². The number of hydrogen-bond donors (Lipinski definition) is 2. The largest absolute Gasteiger partial charge is 0.478 e. The predicted molar refractivity (Wildman–Crippen MR) is 92.0 cm³/mol. The molecule has 0 aliphatic carbocycles. The number of Topliss-reactive ketones (excluding diaryl/α,β-unsaturated/α-hetero) is 1. The van der Waals surface area contributed by atoms with E-state index in [9.17, 15) is 22.8 Å². The van der Waals surface area contributed by atoms with Crippen LogP contribution in [0.3, 0.4) is 0 Å². The molecular formula is C16H18N2O8S. The van der Waals surface area contributed by atoms with Gasteiger partial charge in [0.15, 0.2) is 0 Å². The highest BCUT2D eigenvalue weighted by atomic mass is 32.2. The number of esters is 1. The van der Waals surface area contributed by atoms with E-state index in [1.165, 1.54) is 32.1 Å². The number of carboxylic acids is 1. The lowest BCUT2D eigenvalue weighted by molar-refractivity contribution is -0.150. The average Bonchev–Trinajstić information content (AvgIpc) is 2.55. The number of carboxylic acid groups (broad SMARTS) is 1. The maximum atomic E-state index is 11.6. The number of nitrogens with zero attached hydrogens (tertiary/aromatic N) is 2. The molecule has 0 saturated heterocycles. The van der Waals surface area contributed by atoms with Crippen molar-refractivity contribution in [1.29, 1.82) is 0 Å². The summed E-state index contributed by atoms with van der Waals surface area (Å²) < 4.78 is 35.9. The SMILES string of the molecule is CC(=O)CC(=O)OC(CC=C(C)C(=O)O)N=Nc1ccc(S(=O)(=O)O)cc1. The van der Waals surface area contributed by atoms with Crippen LogP contribution in [0.2, 0.25) is 0 Å². The maximum absolute atomic E-state index is 11.6. The van der Waals surface area contributed by atoms with Gasteiger partial charge in [-0.2, -0.15) is 13.5 Å². The van der Waals surface area contributed by atoms with E-state index in [0.29, 0.717) is 0 Å². The summed E-state index contributed by atoms with van der Waals surface area (Å²) in [6, 6.07) is 4.74. The number of azo groups is 1. The Kier molecular flexibility index (Phi) is 7.94. The Balaban J connectivity index is 2.95. The molecule has 0 aliphatic rings. The minimum atomic E-state index is -4.34. The summed E-state index contributed by atoms with van der Waals surface area (Å²) in [6.07, 6.45) is -0.438. The highest BCUT2D eigenvalue weighted by Gasteiger charge is 2.15. The van der Waals surface area contributed by atoms with Crippen LogP contribution in [0.15, 0.2) is 51.0 Å². The maximum Gasteiger partial charge on any atom is 0.330 e. The third-order valence-electron chi connectivity index (χ3n) is 3.06. The zero-order valence-corrected chi connectivity index (χ0v) is 15.3. The van der Waals surface area contributed by atoms with Gasteiger partial charge in [0.1, 0.15) is 12.2 Å². The molecule has 0 aromatic heterocycles. The van der Waals surface area contributed by atoms with Crippen LogP contribution < -0.4 is 0 Å². The number of benzene rings is 1. The summed E-state index contributed by atoms with van der Waals surface area (Å²) >= 11 is 0. The molecule has 1 aromatic rings. The van der Waals surface area contributed by atoms with Gasteiger partial charge in [-0.05, 0) is 38.1 Å². The van der Waals surface area contributed by atoms with Crippen LogP contribution in [0.25, 0.3) is 0 Å². The molecule has 27 heavy (non-hydrogen) atoms. The van der Waals surface area contributed by atoms with E-state index in [-0.39, 0.29) is 22.6 Å². The van der Waals surface area contributed by atoms with E-state index in [1.54, 1.807) is 0 Å². The Morgan fingerprint density at radius 1 is 1.19 bits per heavy atom. The molecular weight excluding hydrogens is 380 g/mol. The smallest absolute Gasteiger partial charge is 0.330 e. The highest BCUT2D eigenvalue weighted by Crippen LogP contribution is 2.18. The van der Waals surface area contributed by atoms with Crippen molar-refractivity contribution in [2.75, 3.05) is 0 Å². The fourth-order valence-electron chi connectivity index (χ4n) is 1.70. The first-order valence-electron chi connectivity index (χ1n) is 7.56. The van der Waals surface area contributed by atoms with Gasteiger partial charge >= 0.3 is 11.9 Å². The van der Waals surface area contributed by atoms with Crippen molar-refractivity contribution in [2.45, 2.75) is 37.8 Å². The number of ether oxygens (including phenoxy) is 1. The van der Waals surface area contributed by atoms with Crippen molar-refractivity contribution in [2.24, 2.45) is 10.2 Å². The van der Waals surface area contributed by atoms with Gasteiger partial charge in [-0.1, -0.05) is 6.08 Å². The minimum absolute atomic E-state index is 0.00956. The normalized spacial score (nSPS) is 13.4. The van der Waals surface area contributed by atoms with Crippen molar-refractivity contribution in [3.8, 4) is 0 Å². The molecule has 0 spiro atoms. The van der Waals surface area contributed by atoms with Gasteiger partial charge < -0.3 is 9.84 Å². The van der Waals surface area contributed by atoms with Gasteiger partial charge in [-0.3, -0.25) is 14.1 Å². The molecule has 146 valence electrons. The summed E-state index contributed by atoms with van der Waals surface area (Å²) in [5.41, 5.74) is 0.212. The molecule has 1 atom stereocenters. The van der Waals surface area contributed by atoms with E-state index in [0.717, 1.165) is 12.1 Å². The Morgan fingerprint density at radius 3 is 2.26 bits per heavy atom. The zero-order chi connectivity index (χ0) is 20.6. The number of aliphatic carboxylic acids is 1. The third kappa shape index (κ3) is 8.33. The molecule has 0 aliphatic heterocycles. The molecule has 1 unspecified atom stereocenters. The second kappa shape index (κ2) is 9.69. The van der Waals surface area contributed by atoms with Crippen LogP contribution in [0.1, 0.15) is 26.7 Å². The lowest BCUT2D eigenvalue weighted by atomic mass is 10.2. The monoisotopic (exact) mass is 398 g/mol. The number of rotatable bonds is 9. The first kappa shape index (κ1) is 22.1. The van der Waals surface area contributed by atoms with E-state index in [1.807, 2.05) is 0 Å². The van der Waals surface area contributed by atoms with Gasteiger partial charge in [0.25, 0.3) is 10.1 Å². The van der Waals surface area contributed by atoms with Crippen LogP contribution in [0, 0.1) is 0 Å². The molecule has 0 saturated carbocycles. The summed E-state index contributed by atoms with van der Waals surface area (Å²) in [6.45, 7) is 2.56. The molecule has 0 amide bonds. The topological polar surface area (TPSA) is 160 Å². The molecule has 1 rings (SSSR count). The summed E-state index contributed by atoms with van der Waals surface area (Å²) in [5.74, 6) is -2.40. The van der Waals surface area contributed by atoms with E-state index >= 15 is 0 Å². The fourth-order valence-corrected chi connectivity index (χ4v) is 2.18. The molecule has 10 nitrogen and oxygen atoms in total. The molecule has 0 heterocycles. The van der Waals surface area contributed by atoms with Crippen LogP contribution in [-0.4, -0.2) is 42.0 Å². The second-order valence-electron chi connectivity index (χ2n) is 5.44. The van der Waals surface area contributed by atoms with Gasteiger partial charge in [0.05, 0.1) is 10.6 Å². The van der Waals surface area contributed by atoms with Gasteiger partial charge in [0, 0.05) is 12.0 Å². The molecule has 11 heteroatoms. The van der Waals surface area contributed by atoms with E-state index in [4.69, 9.17) is 14.4 Å². The van der Waals surface area contributed by atoms with Gasteiger partial charge in [-0.25, -0.2) is 4.79 Å². The average molecular weight is 398 g/mol. The van der Waals surface area contributed by atoms with Gasteiger partial charge in [-0.15, -0.1) is 5.11 Å². The molecule has 0 fully saturated rings. The molecule has 1 aromatic carbocycles. The Bertz CT molecular complexity index is 872. The zero-order valence-electron chi connectivity index (χ0n) is 14.5. The van der Waals surface area contributed by atoms with E-state index < -0.39 is 40.5 Å². The van der Waals surface area contributed by atoms with Crippen molar-refractivity contribution in [1.82, 2.24) is 0 Å². The van der Waals surface area contributed by atoms with Crippen LogP contribution in [0.5, 0.6) is 0 Å². The number of carbonyl (C=O) groups is 3. The Labute approximate surface area is 155 Å². The van der Waals surface area contributed by atoms with Crippen LogP contribution in [-0.2, 0) is 29.2 Å². The molecule has 2 N–H and O–H groups in total. The lowest BCUT2D eigenvalue weighted by Crippen LogP contribution is -2.17. The number of ketones is 1. The van der Waals surface area contributed by atoms with Crippen molar-refractivity contribution in [3.05, 3.63) is 35.9 Å². The second-order valence-corrected chi connectivity index (χ2v) is 6.86. The predicted octanol–water partition coefficient (Wildman–Crippen LogP) is 2.29. The molecule has 0 radical (unpaired) electrons. The third-order valence-corrected chi connectivity index (χ3v) is 3.93. The van der Waals surface area contributed by atoms with Crippen molar-refractivity contribution >= 4 is 33.5 Å². The Hall–Kier alpha value is -2.92. The lowest BCUT2D eigenvalue weighted by Gasteiger charge is -2.10. The van der Waals surface area contributed by atoms with Crippen molar-refractivity contribution < 1.29 is 37.2 Å². The van der Waals surface area contributed by atoms with E-state index in [2.05, 4.69) is 10.2 Å². The minimum Gasteiger partial charge on any atom is -0.478 e. The van der Waals surface area contributed by atoms with Crippen LogP contribution in [0.4, 0.5) is 5.69 Å². The number of carbonyl (C=O) groups excluding carboxylic acids is 2. The standard InChI is InChI=1S/C16H18N2O8S/c1-10(16(21)22)3-8-14(26-15(20)9-11(2)19)18-17-12-4-6-13(7-5-12)27(23,24)25/h3-7,14H,8-9H2,1-2H3,(H,21,22)(H,23,24,25). The summed E-state index contributed by atoms with van der Waals surface area (Å²) in [5, 5.41) is 16.4. The van der Waals surface area contributed by atoms with Crippen molar-refractivity contribution in [3.63, 3.8) is 0 Å². The molecule has 0 bridgehead atoms. The first-order valence-corrected chi connectivity index (χ1v) is 9.00. The number of hydrogen-bond acceptors (Lipinski definition) is 8. The quantitative estimate of drug-likeness (QED) is 0.211. The first-order chi connectivity index (χ1) is 12.5. The van der Waals surface area contributed by atoms with Crippen LogP contribution >= 0.6 is 0 Å². The Morgan fingerprint density at radius 2 is 1.78 bits per heavy atom.